The number of benzene rings is 2. The SMILES string of the molecule is CCCOC(=O)[C@H](C)NP(=O)(Cc1ccc2sc(C(=O)N[C@H]3CCC[C@H]4CC[C@@H](C(=O)N[C@H]5CN(C(C)=O)C[C@H]5F)N4C3=O)cc2c1)Oc1ccccc1. The van der Waals surface area contributed by atoms with Crippen molar-refractivity contribution in [3.63, 3.8) is 0 Å². The van der Waals surface area contributed by atoms with Crippen LogP contribution in [0.5, 0.6) is 5.75 Å². The molecule has 1 aromatic heterocycles. The van der Waals surface area contributed by atoms with E-state index >= 15 is 0 Å². The Hall–Kier alpha value is -4.33. The fourth-order valence-electron chi connectivity index (χ4n) is 7.39. The van der Waals surface area contributed by atoms with Crippen molar-refractivity contribution in [2.45, 2.75) is 102 Å². The maximum atomic E-state index is 14.7. The van der Waals surface area contributed by atoms with Gasteiger partial charge in [0.1, 0.15) is 30.0 Å². The first-order chi connectivity index (χ1) is 25.8. The first-order valence-corrected chi connectivity index (χ1v) is 21.1. The van der Waals surface area contributed by atoms with Crippen molar-refractivity contribution in [3.05, 3.63) is 65.0 Å². The molecule has 7 atom stereocenters. The number of nitrogens with one attached hydrogen (secondary N) is 3. The topological polar surface area (TPSA) is 163 Å². The van der Waals surface area contributed by atoms with E-state index in [1.54, 1.807) is 48.2 Å². The van der Waals surface area contributed by atoms with Crippen LogP contribution in [-0.4, -0.2) is 95.5 Å². The smallest absolute Gasteiger partial charge is 0.323 e. The third kappa shape index (κ3) is 9.13. The fourth-order valence-corrected chi connectivity index (χ4v) is 10.4. The normalized spacial score (nSPS) is 24.3. The van der Waals surface area contributed by atoms with Gasteiger partial charge < -0.3 is 29.7 Å². The van der Waals surface area contributed by atoms with Crippen LogP contribution in [0.15, 0.2) is 54.6 Å². The number of para-hydroxylation sites is 1. The predicted molar refractivity (Wildman–Crippen MR) is 202 cm³/mol. The molecule has 3 aromatic rings. The molecule has 3 N–H and O–H groups in total. The third-order valence-corrected chi connectivity index (χ3v) is 13.3. The Morgan fingerprint density at radius 1 is 1.02 bits per heavy atom. The summed E-state index contributed by atoms with van der Waals surface area (Å²) >= 11 is 1.26. The van der Waals surface area contributed by atoms with Crippen molar-refractivity contribution >= 4 is 58.5 Å². The quantitative estimate of drug-likeness (QED) is 0.161. The van der Waals surface area contributed by atoms with E-state index in [0.717, 1.165) is 10.1 Å². The highest BCUT2D eigenvalue weighted by molar-refractivity contribution is 7.56. The third-order valence-electron chi connectivity index (χ3n) is 10.1. The lowest BCUT2D eigenvalue weighted by Gasteiger charge is -2.31. The summed E-state index contributed by atoms with van der Waals surface area (Å²) < 4.78 is 41.0. The van der Waals surface area contributed by atoms with Crippen LogP contribution in [0.2, 0.25) is 0 Å². The second-order valence-electron chi connectivity index (χ2n) is 14.2. The largest absolute Gasteiger partial charge is 0.465 e. The number of halogens is 1. The molecule has 0 spiro atoms. The van der Waals surface area contributed by atoms with Gasteiger partial charge >= 0.3 is 13.5 Å². The Morgan fingerprint density at radius 3 is 2.52 bits per heavy atom. The van der Waals surface area contributed by atoms with Crippen LogP contribution in [0.3, 0.4) is 0 Å². The lowest BCUT2D eigenvalue weighted by molar-refractivity contribution is -0.145. The number of carbonyl (C=O) groups excluding carboxylic acids is 5. The maximum Gasteiger partial charge on any atom is 0.323 e. The average molecular weight is 784 g/mol. The van der Waals surface area contributed by atoms with Crippen LogP contribution in [0.25, 0.3) is 10.1 Å². The van der Waals surface area contributed by atoms with Gasteiger partial charge in [0.25, 0.3) is 5.91 Å². The van der Waals surface area contributed by atoms with Gasteiger partial charge in [-0.05, 0) is 86.7 Å². The summed E-state index contributed by atoms with van der Waals surface area (Å²) in [4.78, 5) is 68.6. The zero-order chi connectivity index (χ0) is 38.6. The van der Waals surface area contributed by atoms with Crippen LogP contribution >= 0.6 is 18.9 Å². The van der Waals surface area contributed by atoms with Gasteiger partial charge in [-0.3, -0.25) is 28.5 Å². The molecule has 2 aromatic carbocycles. The van der Waals surface area contributed by atoms with Crippen molar-refractivity contribution in [1.29, 1.82) is 0 Å². The summed E-state index contributed by atoms with van der Waals surface area (Å²) in [6.07, 6.45) is 2.05. The van der Waals surface area contributed by atoms with Gasteiger partial charge in [0.2, 0.25) is 17.7 Å². The van der Waals surface area contributed by atoms with Gasteiger partial charge in [0.15, 0.2) is 0 Å². The molecule has 13 nitrogen and oxygen atoms in total. The van der Waals surface area contributed by atoms with Crippen molar-refractivity contribution in [2.24, 2.45) is 0 Å². The second-order valence-corrected chi connectivity index (χ2v) is 17.4. The Labute approximate surface area is 317 Å². The van der Waals surface area contributed by atoms with E-state index in [2.05, 4.69) is 15.7 Å². The molecular weight excluding hydrogens is 736 g/mol. The Bertz CT molecular complexity index is 1930. The highest BCUT2D eigenvalue weighted by atomic mass is 32.1. The molecule has 1 unspecified atom stereocenters. The Kier molecular flexibility index (Phi) is 12.4. The van der Waals surface area contributed by atoms with Crippen LogP contribution in [0.4, 0.5) is 4.39 Å². The van der Waals surface area contributed by atoms with Crippen molar-refractivity contribution in [2.75, 3.05) is 19.7 Å². The summed E-state index contributed by atoms with van der Waals surface area (Å²) in [5.74, 6) is -1.64. The molecule has 0 bridgehead atoms. The molecule has 16 heteroatoms. The van der Waals surface area contributed by atoms with E-state index in [1.165, 1.54) is 23.2 Å². The second kappa shape index (κ2) is 17.0. The van der Waals surface area contributed by atoms with Gasteiger partial charge in [0, 0.05) is 24.2 Å². The number of hydrogen-bond donors (Lipinski definition) is 3. The van der Waals surface area contributed by atoms with Crippen LogP contribution in [-0.2, 0) is 34.6 Å². The number of fused-ring (bicyclic) bond motifs is 2. The zero-order valence-electron chi connectivity index (χ0n) is 30.6. The molecule has 6 rings (SSSR count). The minimum Gasteiger partial charge on any atom is -0.465 e. The number of amides is 4. The molecular formula is C38H47FN5O8PS. The van der Waals surface area contributed by atoms with E-state index in [1.807, 2.05) is 25.1 Å². The predicted octanol–water partition coefficient (Wildman–Crippen LogP) is 4.93. The monoisotopic (exact) mass is 783 g/mol. The number of esters is 1. The number of ether oxygens (including phenoxy) is 1. The van der Waals surface area contributed by atoms with Gasteiger partial charge in [-0.15, -0.1) is 11.3 Å². The number of nitrogens with zero attached hydrogens (tertiary/aromatic N) is 2. The molecule has 0 radical (unpaired) electrons. The first-order valence-electron chi connectivity index (χ1n) is 18.5. The summed E-state index contributed by atoms with van der Waals surface area (Å²) in [6.45, 7) is 5.06. The number of carbonyl (C=O) groups is 5. The van der Waals surface area contributed by atoms with Crippen molar-refractivity contribution in [3.8, 4) is 5.75 Å². The number of hydrogen-bond acceptors (Lipinski definition) is 9. The molecule has 3 fully saturated rings. The summed E-state index contributed by atoms with van der Waals surface area (Å²) in [5.41, 5.74) is 0.655. The van der Waals surface area contributed by atoms with Crippen molar-refractivity contribution in [1.82, 2.24) is 25.5 Å². The number of thiophene rings is 1. The molecule has 3 aliphatic heterocycles. The Balaban J connectivity index is 1.13. The molecule has 0 aliphatic carbocycles. The summed E-state index contributed by atoms with van der Waals surface area (Å²) in [5, 5.41) is 9.26. The van der Waals surface area contributed by atoms with Crippen LogP contribution in [0, 0.1) is 0 Å². The van der Waals surface area contributed by atoms with Crippen LogP contribution in [0.1, 0.15) is 74.5 Å². The van der Waals surface area contributed by atoms with E-state index in [4.69, 9.17) is 9.26 Å². The molecule has 290 valence electrons. The maximum absolute atomic E-state index is 14.7. The van der Waals surface area contributed by atoms with Gasteiger partial charge in [0.05, 0.1) is 30.2 Å². The molecule has 54 heavy (non-hydrogen) atoms. The van der Waals surface area contributed by atoms with E-state index in [-0.39, 0.29) is 43.7 Å². The highest BCUT2D eigenvalue weighted by Crippen LogP contribution is 2.47. The number of rotatable bonds is 13. The van der Waals surface area contributed by atoms with E-state index in [9.17, 15) is 32.9 Å². The molecule has 0 saturated carbocycles. The van der Waals surface area contributed by atoms with E-state index < -0.39 is 55.6 Å². The zero-order valence-corrected chi connectivity index (χ0v) is 32.3. The summed E-state index contributed by atoms with van der Waals surface area (Å²) in [7, 11) is -3.70. The Morgan fingerprint density at radius 2 is 1.80 bits per heavy atom. The number of likely N-dealkylation sites (tertiary alicyclic amines) is 1. The van der Waals surface area contributed by atoms with Crippen LogP contribution < -0.4 is 20.2 Å². The highest BCUT2D eigenvalue weighted by Gasteiger charge is 2.46. The van der Waals surface area contributed by atoms with E-state index in [0.29, 0.717) is 54.7 Å². The van der Waals surface area contributed by atoms with Crippen molar-refractivity contribution < 1.29 is 42.2 Å². The molecule has 4 amide bonds. The molecule has 3 aliphatic rings. The number of alkyl halides is 1. The average Bonchev–Trinajstić information content (AvgIpc) is 3.84. The molecule has 3 saturated heterocycles. The van der Waals surface area contributed by atoms with Gasteiger partial charge in [-0.2, -0.15) is 0 Å². The standard InChI is InChI=1S/C38H47FN5O8PS/c1-4-17-51-38(49)23(2)42-53(50,52-28-10-6-5-7-11-28)22-25-13-16-33-26(18-25)19-34(54-33)36(47)40-30-12-8-9-27-14-15-32(44(27)37(30)48)35(46)41-31-21-43(24(3)45)20-29(31)39/h5-7,10-11,13,16,18-19,23,27,29-32H,4,8-9,12,14-15,17,20-22H2,1-3H3,(H,40,47)(H,41,46)(H,42,50)/t23-,27-,29+,30-,31-,32-,53?/m0/s1. The summed E-state index contributed by atoms with van der Waals surface area (Å²) in [6, 6.07) is 12.3. The first kappa shape index (κ1) is 39.4. The van der Waals surface area contributed by atoms with Gasteiger partial charge in [-0.25, -0.2) is 9.48 Å². The fraction of sp³-hybridized carbons (Fsp3) is 0.500. The minimum atomic E-state index is -3.70. The lowest BCUT2D eigenvalue weighted by atomic mass is 10.1. The van der Waals surface area contributed by atoms with Gasteiger partial charge in [-0.1, -0.05) is 31.2 Å². The lowest BCUT2D eigenvalue weighted by Crippen LogP contribution is -2.56. The molecule has 4 heterocycles. The minimum absolute atomic E-state index is 0.0509.